The highest BCUT2D eigenvalue weighted by molar-refractivity contribution is 7.14. The molecule has 1 N–H and O–H groups in total. The maximum absolute atomic E-state index is 5.49. The molecule has 1 aromatic carbocycles. The molecule has 4 aromatic rings. The highest BCUT2D eigenvalue weighted by Crippen LogP contribution is 2.31. The first-order valence-electron chi connectivity index (χ1n) is 8.18. The monoisotopic (exact) mass is 349 g/mol. The van der Waals surface area contributed by atoms with Crippen LogP contribution in [0.5, 0.6) is 0 Å². The fraction of sp³-hybridized carbons (Fsp3) is 0.150. The minimum Gasteiger partial charge on any atom is -0.467 e. The number of thiazole rings is 1. The predicted molar refractivity (Wildman–Crippen MR) is 103 cm³/mol. The van der Waals surface area contributed by atoms with Gasteiger partial charge in [0.2, 0.25) is 0 Å². The average molecular weight is 349 g/mol. The molecule has 3 aromatic heterocycles. The van der Waals surface area contributed by atoms with Gasteiger partial charge in [0.25, 0.3) is 0 Å². The van der Waals surface area contributed by atoms with E-state index in [1.165, 1.54) is 17.0 Å². The molecule has 0 radical (unpaired) electrons. The van der Waals surface area contributed by atoms with Crippen LogP contribution in [0.25, 0.3) is 11.3 Å². The van der Waals surface area contributed by atoms with Crippen LogP contribution >= 0.6 is 11.3 Å². The lowest BCUT2D eigenvalue weighted by atomic mass is 10.2. The number of hydrogen-bond donors (Lipinski definition) is 1. The van der Waals surface area contributed by atoms with Crippen molar-refractivity contribution >= 4 is 22.2 Å². The summed E-state index contributed by atoms with van der Waals surface area (Å²) in [6, 6.07) is 16.2. The van der Waals surface area contributed by atoms with Crippen molar-refractivity contribution in [3.8, 4) is 11.3 Å². The first-order chi connectivity index (χ1) is 12.2. The van der Waals surface area contributed by atoms with Gasteiger partial charge in [-0.25, -0.2) is 4.98 Å². The van der Waals surface area contributed by atoms with Crippen LogP contribution in [0.1, 0.15) is 17.1 Å². The first kappa shape index (κ1) is 15.7. The molecule has 0 aliphatic rings. The van der Waals surface area contributed by atoms with Crippen molar-refractivity contribution in [2.24, 2.45) is 0 Å². The Morgan fingerprint density at radius 1 is 1.12 bits per heavy atom. The molecule has 126 valence electrons. The fourth-order valence-corrected chi connectivity index (χ4v) is 3.69. The van der Waals surface area contributed by atoms with E-state index in [0.717, 1.165) is 28.8 Å². The van der Waals surface area contributed by atoms with Crippen LogP contribution in [0.3, 0.4) is 0 Å². The quantitative estimate of drug-likeness (QED) is 0.509. The molecule has 0 saturated heterocycles. The van der Waals surface area contributed by atoms with Gasteiger partial charge in [0, 0.05) is 28.0 Å². The molecule has 3 heterocycles. The molecular formula is C20H19N3OS. The summed E-state index contributed by atoms with van der Waals surface area (Å²) in [5.74, 6) is 0.957. The van der Waals surface area contributed by atoms with Crippen molar-refractivity contribution in [1.29, 1.82) is 0 Å². The number of anilines is 2. The summed E-state index contributed by atoms with van der Waals surface area (Å²) in [4.78, 5) is 4.76. The van der Waals surface area contributed by atoms with E-state index in [2.05, 4.69) is 35.2 Å². The summed E-state index contributed by atoms with van der Waals surface area (Å²) in [6.07, 6.45) is 1.71. The fourth-order valence-electron chi connectivity index (χ4n) is 2.96. The Morgan fingerprint density at radius 3 is 2.72 bits per heavy atom. The second kappa shape index (κ2) is 6.61. The van der Waals surface area contributed by atoms with E-state index in [4.69, 9.17) is 9.40 Å². The molecule has 4 nitrogen and oxygen atoms in total. The number of nitrogens with one attached hydrogen (secondary N) is 1. The maximum Gasteiger partial charge on any atom is 0.187 e. The Labute approximate surface area is 150 Å². The largest absolute Gasteiger partial charge is 0.467 e. The van der Waals surface area contributed by atoms with Crippen molar-refractivity contribution < 1.29 is 4.42 Å². The SMILES string of the molecule is Cc1cc(-c2csc(Nc3ccccc3)n2)c(C)n1Cc1ccco1. The molecule has 0 amide bonds. The van der Waals surface area contributed by atoms with Crippen molar-refractivity contribution in [3.63, 3.8) is 0 Å². The third-order valence-electron chi connectivity index (χ3n) is 4.27. The summed E-state index contributed by atoms with van der Waals surface area (Å²) in [7, 11) is 0. The predicted octanol–water partition coefficient (Wildman–Crippen LogP) is 5.61. The summed E-state index contributed by atoms with van der Waals surface area (Å²) in [6.45, 7) is 4.99. The average Bonchev–Trinajstić information content (AvgIpc) is 3.34. The molecule has 0 unspecified atom stereocenters. The molecular weight excluding hydrogens is 330 g/mol. The van der Waals surface area contributed by atoms with E-state index in [1.807, 2.05) is 42.5 Å². The number of benzene rings is 1. The van der Waals surface area contributed by atoms with Crippen LogP contribution in [-0.4, -0.2) is 9.55 Å². The van der Waals surface area contributed by atoms with Crippen LogP contribution < -0.4 is 5.32 Å². The van der Waals surface area contributed by atoms with Gasteiger partial charge in [0.05, 0.1) is 18.5 Å². The van der Waals surface area contributed by atoms with Gasteiger partial charge in [-0.1, -0.05) is 18.2 Å². The first-order valence-corrected chi connectivity index (χ1v) is 9.06. The van der Waals surface area contributed by atoms with Gasteiger partial charge in [-0.15, -0.1) is 11.3 Å². The van der Waals surface area contributed by atoms with Gasteiger partial charge in [0.1, 0.15) is 5.76 Å². The lowest BCUT2D eigenvalue weighted by molar-refractivity contribution is 0.489. The Kier molecular flexibility index (Phi) is 4.15. The zero-order valence-corrected chi connectivity index (χ0v) is 15.0. The van der Waals surface area contributed by atoms with Gasteiger partial charge in [-0.05, 0) is 44.2 Å². The Hall–Kier alpha value is -2.79. The number of rotatable bonds is 5. The molecule has 0 atom stereocenters. The molecule has 0 aliphatic heterocycles. The van der Waals surface area contributed by atoms with Gasteiger partial charge >= 0.3 is 0 Å². The summed E-state index contributed by atoms with van der Waals surface area (Å²) in [5, 5.41) is 6.36. The molecule has 0 bridgehead atoms. The molecule has 0 fully saturated rings. The molecule has 0 aliphatic carbocycles. The van der Waals surface area contributed by atoms with Crippen LogP contribution in [0.15, 0.2) is 64.6 Å². The van der Waals surface area contributed by atoms with Gasteiger partial charge < -0.3 is 14.3 Å². The lowest BCUT2D eigenvalue weighted by Crippen LogP contribution is -2.02. The zero-order chi connectivity index (χ0) is 17.2. The van der Waals surface area contributed by atoms with Gasteiger partial charge in [0.15, 0.2) is 5.13 Å². The van der Waals surface area contributed by atoms with E-state index in [-0.39, 0.29) is 0 Å². The standard InChI is InChI=1S/C20H19N3OS/c1-14-11-18(15(2)23(14)12-17-9-6-10-24-17)19-13-25-20(22-19)21-16-7-4-3-5-8-16/h3-11,13H,12H2,1-2H3,(H,21,22). The van der Waals surface area contributed by atoms with E-state index in [1.54, 1.807) is 17.6 Å². The van der Waals surface area contributed by atoms with Crippen LogP contribution in [0, 0.1) is 13.8 Å². The highest BCUT2D eigenvalue weighted by atomic mass is 32.1. The molecule has 4 rings (SSSR count). The number of nitrogens with zero attached hydrogens (tertiary/aromatic N) is 2. The number of furan rings is 1. The summed E-state index contributed by atoms with van der Waals surface area (Å²) in [5.41, 5.74) is 5.62. The van der Waals surface area contributed by atoms with E-state index < -0.39 is 0 Å². The van der Waals surface area contributed by atoms with Gasteiger partial charge in [-0.3, -0.25) is 0 Å². The minimum atomic E-state index is 0.740. The van der Waals surface area contributed by atoms with Crippen molar-refractivity contribution in [1.82, 2.24) is 9.55 Å². The number of aryl methyl sites for hydroxylation is 1. The normalized spacial score (nSPS) is 11.0. The second-order valence-corrected chi connectivity index (χ2v) is 6.84. The van der Waals surface area contributed by atoms with Crippen molar-refractivity contribution in [2.45, 2.75) is 20.4 Å². The summed E-state index contributed by atoms with van der Waals surface area (Å²) >= 11 is 1.62. The number of para-hydroxylation sites is 1. The molecule has 0 spiro atoms. The Balaban J connectivity index is 1.60. The van der Waals surface area contributed by atoms with E-state index in [9.17, 15) is 0 Å². The smallest absolute Gasteiger partial charge is 0.187 e. The second-order valence-electron chi connectivity index (χ2n) is 5.98. The Bertz CT molecular complexity index is 968. The maximum atomic E-state index is 5.49. The van der Waals surface area contributed by atoms with Crippen LogP contribution in [0.4, 0.5) is 10.8 Å². The lowest BCUT2D eigenvalue weighted by Gasteiger charge is -2.07. The third kappa shape index (κ3) is 3.23. The van der Waals surface area contributed by atoms with E-state index >= 15 is 0 Å². The van der Waals surface area contributed by atoms with E-state index in [0.29, 0.717) is 0 Å². The number of aromatic nitrogens is 2. The van der Waals surface area contributed by atoms with Crippen molar-refractivity contribution in [2.75, 3.05) is 5.32 Å². The van der Waals surface area contributed by atoms with Gasteiger partial charge in [-0.2, -0.15) is 0 Å². The minimum absolute atomic E-state index is 0.740. The third-order valence-corrected chi connectivity index (χ3v) is 5.03. The highest BCUT2D eigenvalue weighted by Gasteiger charge is 2.14. The summed E-state index contributed by atoms with van der Waals surface area (Å²) < 4.78 is 7.75. The van der Waals surface area contributed by atoms with Crippen molar-refractivity contribution in [3.05, 3.63) is 77.3 Å². The van der Waals surface area contributed by atoms with Crippen LogP contribution in [0.2, 0.25) is 0 Å². The van der Waals surface area contributed by atoms with Crippen LogP contribution in [-0.2, 0) is 6.54 Å². The molecule has 5 heteroatoms. The molecule has 25 heavy (non-hydrogen) atoms. The Morgan fingerprint density at radius 2 is 1.96 bits per heavy atom. The topological polar surface area (TPSA) is 43.0 Å². The molecule has 0 saturated carbocycles. The zero-order valence-electron chi connectivity index (χ0n) is 14.2. The number of hydrogen-bond acceptors (Lipinski definition) is 4.